The number of phenolic OH excluding ortho intramolecular Hbond substituents is 1. The number of rotatable bonds is 2. The van der Waals surface area contributed by atoms with E-state index in [1.54, 1.807) is 0 Å². The average molecular weight is 249 g/mol. The van der Waals surface area contributed by atoms with Crippen LogP contribution in [0.4, 0.5) is 14.5 Å². The summed E-state index contributed by atoms with van der Waals surface area (Å²) < 4.78 is 26.0. The zero-order valence-electron chi connectivity index (χ0n) is 9.15. The Bertz CT molecular complexity index is 599. The van der Waals surface area contributed by atoms with Gasteiger partial charge in [-0.15, -0.1) is 0 Å². The standard InChI is InChI=1S/C13H9F2NO2/c14-9-4-5-12(11(15)7-9)16-13(18)8-2-1-3-10(17)6-8/h1-7,17H,(H,16,18). The highest BCUT2D eigenvalue weighted by Gasteiger charge is 2.10. The molecule has 2 N–H and O–H groups in total. The van der Waals surface area contributed by atoms with Crippen LogP contribution in [0.2, 0.25) is 0 Å². The SMILES string of the molecule is O=C(Nc1ccc(F)cc1F)c1cccc(O)c1. The summed E-state index contributed by atoms with van der Waals surface area (Å²) in [6.07, 6.45) is 0. The molecule has 0 aliphatic rings. The molecule has 92 valence electrons. The van der Waals surface area contributed by atoms with Crippen molar-refractivity contribution in [2.45, 2.75) is 0 Å². The summed E-state index contributed by atoms with van der Waals surface area (Å²) >= 11 is 0. The lowest BCUT2D eigenvalue weighted by molar-refractivity contribution is 0.102. The second-order valence-corrected chi connectivity index (χ2v) is 3.63. The van der Waals surface area contributed by atoms with Gasteiger partial charge in [0.05, 0.1) is 5.69 Å². The van der Waals surface area contributed by atoms with Gasteiger partial charge in [-0.3, -0.25) is 4.79 Å². The highest BCUT2D eigenvalue weighted by molar-refractivity contribution is 6.04. The lowest BCUT2D eigenvalue weighted by Crippen LogP contribution is -2.12. The highest BCUT2D eigenvalue weighted by atomic mass is 19.1. The van der Waals surface area contributed by atoms with Gasteiger partial charge < -0.3 is 10.4 Å². The lowest BCUT2D eigenvalue weighted by Gasteiger charge is -2.06. The first-order valence-corrected chi connectivity index (χ1v) is 5.12. The van der Waals surface area contributed by atoms with Crippen molar-refractivity contribution >= 4 is 11.6 Å². The van der Waals surface area contributed by atoms with E-state index in [1.165, 1.54) is 24.3 Å². The molecule has 0 radical (unpaired) electrons. The first-order valence-electron chi connectivity index (χ1n) is 5.12. The van der Waals surface area contributed by atoms with Crippen molar-refractivity contribution in [3.05, 3.63) is 59.7 Å². The van der Waals surface area contributed by atoms with E-state index in [-0.39, 0.29) is 17.0 Å². The van der Waals surface area contributed by atoms with Gasteiger partial charge in [0.15, 0.2) is 0 Å². The molecule has 18 heavy (non-hydrogen) atoms. The summed E-state index contributed by atoms with van der Waals surface area (Å²) in [5, 5.41) is 11.5. The van der Waals surface area contributed by atoms with Crippen LogP contribution in [0.3, 0.4) is 0 Å². The minimum absolute atomic E-state index is 0.0674. The van der Waals surface area contributed by atoms with Crippen molar-refractivity contribution in [3.63, 3.8) is 0 Å². The summed E-state index contributed by atoms with van der Waals surface area (Å²) in [5.74, 6) is -2.23. The number of phenols is 1. The molecule has 3 nitrogen and oxygen atoms in total. The minimum atomic E-state index is -0.858. The van der Waals surface area contributed by atoms with Crippen LogP contribution in [-0.2, 0) is 0 Å². The predicted molar refractivity (Wildman–Crippen MR) is 62.4 cm³/mol. The summed E-state index contributed by atoms with van der Waals surface area (Å²) in [5.41, 5.74) is 0.0588. The summed E-state index contributed by atoms with van der Waals surface area (Å²) in [6.45, 7) is 0. The van der Waals surface area contributed by atoms with E-state index >= 15 is 0 Å². The molecular formula is C13H9F2NO2. The van der Waals surface area contributed by atoms with Gasteiger partial charge in [-0.2, -0.15) is 0 Å². The third-order valence-electron chi connectivity index (χ3n) is 2.29. The van der Waals surface area contributed by atoms with Crippen molar-refractivity contribution in [1.82, 2.24) is 0 Å². The van der Waals surface area contributed by atoms with E-state index in [1.807, 2.05) is 0 Å². The predicted octanol–water partition coefficient (Wildman–Crippen LogP) is 2.92. The third kappa shape index (κ3) is 2.63. The number of carbonyl (C=O) groups excluding carboxylic acids is 1. The number of anilines is 1. The number of halogens is 2. The molecule has 0 saturated carbocycles. The van der Waals surface area contributed by atoms with Crippen molar-refractivity contribution in [2.24, 2.45) is 0 Å². The number of hydrogen-bond acceptors (Lipinski definition) is 2. The molecule has 0 aliphatic heterocycles. The second kappa shape index (κ2) is 4.83. The van der Waals surface area contributed by atoms with E-state index in [2.05, 4.69) is 5.32 Å². The van der Waals surface area contributed by atoms with Gasteiger partial charge in [-0.05, 0) is 30.3 Å². The lowest BCUT2D eigenvalue weighted by atomic mass is 10.2. The smallest absolute Gasteiger partial charge is 0.255 e. The molecule has 0 saturated heterocycles. The van der Waals surface area contributed by atoms with Gasteiger partial charge >= 0.3 is 0 Å². The number of hydrogen-bond donors (Lipinski definition) is 2. The molecule has 0 fully saturated rings. The van der Waals surface area contributed by atoms with Gasteiger partial charge in [0.25, 0.3) is 5.91 Å². The van der Waals surface area contributed by atoms with Crippen LogP contribution in [0.25, 0.3) is 0 Å². The average Bonchev–Trinajstić information content (AvgIpc) is 2.32. The van der Waals surface area contributed by atoms with E-state index in [0.717, 1.165) is 12.1 Å². The largest absolute Gasteiger partial charge is 0.508 e. The maximum atomic E-state index is 13.3. The molecule has 0 aliphatic carbocycles. The Balaban J connectivity index is 2.21. The first kappa shape index (κ1) is 12.0. The molecule has 1 amide bonds. The minimum Gasteiger partial charge on any atom is -0.508 e. The summed E-state index contributed by atoms with van der Waals surface area (Å²) in [6, 6.07) is 8.47. The summed E-state index contributed by atoms with van der Waals surface area (Å²) in [7, 11) is 0. The molecule has 5 heteroatoms. The van der Waals surface area contributed by atoms with Crippen LogP contribution >= 0.6 is 0 Å². The van der Waals surface area contributed by atoms with Gasteiger partial charge in [0.1, 0.15) is 17.4 Å². The van der Waals surface area contributed by atoms with Crippen LogP contribution in [0.1, 0.15) is 10.4 Å². The van der Waals surface area contributed by atoms with Gasteiger partial charge in [0.2, 0.25) is 0 Å². The molecule has 0 bridgehead atoms. The quantitative estimate of drug-likeness (QED) is 0.859. The Labute approximate surface area is 102 Å². The molecular weight excluding hydrogens is 240 g/mol. The molecule has 0 spiro atoms. The molecule has 2 rings (SSSR count). The number of benzene rings is 2. The molecule has 2 aromatic rings. The molecule has 0 heterocycles. The van der Waals surface area contributed by atoms with E-state index < -0.39 is 17.5 Å². The van der Waals surface area contributed by atoms with Crippen molar-refractivity contribution in [2.75, 3.05) is 5.32 Å². The zero-order valence-corrected chi connectivity index (χ0v) is 9.15. The molecule has 0 aromatic heterocycles. The number of carbonyl (C=O) groups is 1. The maximum Gasteiger partial charge on any atom is 0.255 e. The second-order valence-electron chi connectivity index (χ2n) is 3.63. The monoisotopic (exact) mass is 249 g/mol. The third-order valence-corrected chi connectivity index (χ3v) is 2.29. The Hall–Kier alpha value is -2.43. The van der Waals surface area contributed by atoms with Crippen molar-refractivity contribution < 1.29 is 18.7 Å². The van der Waals surface area contributed by atoms with Crippen LogP contribution < -0.4 is 5.32 Å². The number of nitrogens with one attached hydrogen (secondary N) is 1. The van der Waals surface area contributed by atoms with Crippen LogP contribution in [0, 0.1) is 11.6 Å². The normalized spacial score (nSPS) is 10.1. The van der Waals surface area contributed by atoms with E-state index in [0.29, 0.717) is 6.07 Å². The molecule has 0 unspecified atom stereocenters. The van der Waals surface area contributed by atoms with Gasteiger partial charge in [0, 0.05) is 11.6 Å². The molecule has 0 atom stereocenters. The summed E-state index contributed by atoms with van der Waals surface area (Å²) in [4.78, 5) is 11.7. The van der Waals surface area contributed by atoms with Crippen LogP contribution in [0.5, 0.6) is 5.75 Å². The van der Waals surface area contributed by atoms with Crippen LogP contribution in [-0.4, -0.2) is 11.0 Å². The fraction of sp³-hybridized carbons (Fsp3) is 0. The highest BCUT2D eigenvalue weighted by Crippen LogP contribution is 2.17. The maximum absolute atomic E-state index is 13.3. The number of amides is 1. The van der Waals surface area contributed by atoms with E-state index in [4.69, 9.17) is 0 Å². The first-order chi connectivity index (χ1) is 8.56. The van der Waals surface area contributed by atoms with E-state index in [9.17, 15) is 18.7 Å². The Morgan fingerprint density at radius 2 is 1.89 bits per heavy atom. The fourth-order valence-electron chi connectivity index (χ4n) is 1.43. The topological polar surface area (TPSA) is 49.3 Å². The molecule has 2 aromatic carbocycles. The van der Waals surface area contributed by atoms with Crippen molar-refractivity contribution in [1.29, 1.82) is 0 Å². The zero-order chi connectivity index (χ0) is 13.1. The van der Waals surface area contributed by atoms with Gasteiger partial charge in [-0.25, -0.2) is 8.78 Å². The van der Waals surface area contributed by atoms with Crippen molar-refractivity contribution in [3.8, 4) is 5.75 Å². The Kier molecular flexibility index (Phi) is 3.23. The van der Waals surface area contributed by atoms with Gasteiger partial charge in [-0.1, -0.05) is 6.07 Å². The number of aromatic hydroxyl groups is 1. The Morgan fingerprint density at radius 1 is 1.11 bits per heavy atom. The Morgan fingerprint density at radius 3 is 2.56 bits per heavy atom. The fourth-order valence-corrected chi connectivity index (χ4v) is 1.43. The van der Waals surface area contributed by atoms with Crippen LogP contribution in [0.15, 0.2) is 42.5 Å².